The molecule has 1 N–H and O–H groups in total. The highest BCUT2D eigenvalue weighted by atomic mass is 16.6. The molecule has 0 atom stereocenters. The van der Waals surface area contributed by atoms with E-state index >= 15 is 0 Å². The van der Waals surface area contributed by atoms with Crippen molar-refractivity contribution in [2.24, 2.45) is 0 Å². The third-order valence-corrected chi connectivity index (χ3v) is 6.52. The van der Waals surface area contributed by atoms with Gasteiger partial charge in [0.1, 0.15) is 11.4 Å². The van der Waals surface area contributed by atoms with Crippen molar-refractivity contribution in [3.05, 3.63) is 84.1 Å². The van der Waals surface area contributed by atoms with E-state index in [1.807, 2.05) is 45.0 Å². The SMILES string of the molecule is CC(C)(C)OC(=O)c1ccc(N2CCN(Cc3ccc(-c4cccc(O)c4)c4ccccc34)CC2)nn1. The molecule has 0 bridgehead atoms. The normalized spacial score (nSPS) is 14.6. The molecule has 5 rings (SSSR count). The molecule has 0 amide bonds. The number of nitrogens with zero attached hydrogens (tertiary/aromatic N) is 4. The summed E-state index contributed by atoms with van der Waals surface area (Å²) in [4.78, 5) is 16.9. The van der Waals surface area contributed by atoms with E-state index in [-0.39, 0.29) is 11.4 Å². The topological polar surface area (TPSA) is 78.8 Å². The molecule has 2 heterocycles. The van der Waals surface area contributed by atoms with Crippen LogP contribution in [0.2, 0.25) is 0 Å². The fourth-order valence-electron chi connectivity index (χ4n) is 4.73. The number of benzene rings is 3. The molecule has 4 aromatic rings. The molecule has 0 spiro atoms. The van der Waals surface area contributed by atoms with Crippen LogP contribution >= 0.6 is 0 Å². The molecule has 7 nitrogen and oxygen atoms in total. The number of fused-ring (bicyclic) bond motifs is 1. The van der Waals surface area contributed by atoms with Gasteiger partial charge in [0.05, 0.1) is 0 Å². The molecule has 1 aliphatic rings. The number of phenols is 1. The van der Waals surface area contributed by atoms with Crippen LogP contribution in [0, 0.1) is 0 Å². The second-order valence-corrected chi connectivity index (χ2v) is 10.4. The van der Waals surface area contributed by atoms with Crippen molar-refractivity contribution in [3.8, 4) is 16.9 Å². The molecule has 3 aromatic carbocycles. The number of hydrogen-bond acceptors (Lipinski definition) is 7. The van der Waals surface area contributed by atoms with Gasteiger partial charge in [0, 0.05) is 32.7 Å². The van der Waals surface area contributed by atoms with Gasteiger partial charge in [0.2, 0.25) is 0 Å². The summed E-state index contributed by atoms with van der Waals surface area (Å²) < 4.78 is 5.38. The van der Waals surface area contributed by atoms with Crippen LogP contribution in [0.3, 0.4) is 0 Å². The van der Waals surface area contributed by atoms with Crippen molar-refractivity contribution in [2.45, 2.75) is 32.9 Å². The fraction of sp³-hybridized carbons (Fsp3) is 0.300. The highest BCUT2D eigenvalue weighted by molar-refractivity contribution is 5.98. The summed E-state index contributed by atoms with van der Waals surface area (Å²) in [5.41, 5.74) is 3.07. The average molecular weight is 497 g/mol. The Balaban J connectivity index is 1.26. The summed E-state index contributed by atoms with van der Waals surface area (Å²) in [5.74, 6) is 0.583. The highest BCUT2D eigenvalue weighted by Gasteiger charge is 2.22. The monoisotopic (exact) mass is 496 g/mol. The Bertz CT molecular complexity index is 1400. The molecule has 1 saturated heterocycles. The lowest BCUT2D eigenvalue weighted by Gasteiger charge is -2.35. The van der Waals surface area contributed by atoms with Gasteiger partial charge in [-0.15, -0.1) is 10.2 Å². The van der Waals surface area contributed by atoms with Crippen LogP contribution in [-0.4, -0.2) is 58.0 Å². The molecule has 0 unspecified atom stereocenters. The van der Waals surface area contributed by atoms with E-state index in [0.717, 1.165) is 49.7 Å². The number of aromatic hydroxyl groups is 1. The van der Waals surface area contributed by atoms with E-state index in [1.54, 1.807) is 12.1 Å². The molecule has 1 aromatic heterocycles. The van der Waals surface area contributed by atoms with Gasteiger partial charge in [-0.3, -0.25) is 4.90 Å². The first-order valence-corrected chi connectivity index (χ1v) is 12.6. The van der Waals surface area contributed by atoms with Gasteiger partial charge < -0.3 is 14.7 Å². The maximum atomic E-state index is 12.2. The molecule has 0 radical (unpaired) electrons. The molecular formula is C30H32N4O3. The lowest BCUT2D eigenvalue weighted by Crippen LogP contribution is -2.46. The van der Waals surface area contributed by atoms with Crippen LogP contribution in [0.4, 0.5) is 5.82 Å². The predicted octanol–water partition coefficient (Wildman–Crippen LogP) is 5.28. The Morgan fingerprint density at radius 2 is 1.65 bits per heavy atom. The van der Waals surface area contributed by atoms with Gasteiger partial charge in [-0.2, -0.15) is 0 Å². The van der Waals surface area contributed by atoms with Crippen LogP contribution in [0.1, 0.15) is 36.8 Å². The first-order chi connectivity index (χ1) is 17.8. The third kappa shape index (κ3) is 5.73. The Hall–Kier alpha value is -3.97. The first kappa shape index (κ1) is 24.7. The minimum atomic E-state index is -0.566. The second-order valence-electron chi connectivity index (χ2n) is 10.4. The number of carbonyl (C=O) groups excluding carboxylic acids is 1. The van der Waals surface area contributed by atoms with Crippen molar-refractivity contribution in [2.75, 3.05) is 31.1 Å². The zero-order valence-corrected chi connectivity index (χ0v) is 21.5. The first-order valence-electron chi connectivity index (χ1n) is 12.6. The Kier molecular flexibility index (Phi) is 6.80. The number of piperazine rings is 1. The van der Waals surface area contributed by atoms with Crippen LogP contribution in [0.15, 0.2) is 72.8 Å². The Labute approximate surface area is 217 Å². The smallest absolute Gasteiger partial charge is 0.359 e. The van der Waals surface area contributed by atoms with Crippen molar-refractivity contribution >= 4 is 22.6 Å². The second kappa shape index (κ2) is 10.2. The lowest BCUT2D eigenvalue weighted by atomic mass is 9.94. The van der Waals surface area contributed by atoms with E-state index in [1.165, 1.54) is 16.3 Å². The zero-order chi connectivity index (χ0) is 26.0. The Morgan fingerprint density at radius 1 is 0.892 bits per heavy atom. The fourth-order valence-corrected chi connectivity index (χ4v) is 4.73. The van der Waals surface area contributed by atoms with E-state index in [2.05, 4.69) is 56.4 Å². The number of esters is 1. The van der Waals surface area contributed by atoms with Crippen molar-refractivity contribution < 1.29 is 14.6 Å². The number of phenolic OH excluding ortho intramolecular Hbond substituents is 1. The number of hydrogen-bond donors (Lipinski definition) is 1. The van der Waals surface area contributed by atoms with Crippen LogP contribution in [-0.2, 0) is 11.3 Å². The van der Waals surface area contributed by atoms with Crippen LogP contribution in [0.25, 0.3) is 21.9 Å². The van der Waals surface area contributed by atoms with Gasteiger partial charge in [0.25, 0.3) is 0 Å². The number of anilines is 1. The van der Waals surface area contributed by atoms with Crippen LogP contribution in [0.5, 0.6) is 5.75 Å². The van der Waals surface area contributed by atoms with E-state index in [4.69, 9.17) is 4.74 Å². The van der Waals surface area contributed by atoms with E-state index in [0.29, 0.717) is 0 Å². The summed E-state index contributed by atoms with van der Waals surface area (Å²) >= 11 is 0. The van der Waals surface area contributed by atoms with Gasteiger partial charge >= 0.3 is 5.97 Å². The van der Waals surface area contributed by atoms with E-state index < -0.39 is 11.6 Å². The molecule has 0 saturated carbocycles. The van der Waals surface area contributed by atoms with Crippen molar-refractivity contribution in [3.63, 3.8) is 0 Å². The summed E-state index contributed by atoms with van der Waals surface area (Å²) in [7, 11) is 0. The number of rotatable bonds is 5. The predicted molar refractivity (Wildman–Crippen MR) is 146 cm³/mol. The molecule has 1 fully saturated rings. The van der Waals surface area contributed by atoms with Crippen molar-refractivity contribution in [1.82, 2.24) is 15.1 Å². The highest BCUT2D eigenvalue weighted by Crippen LogP contribution is 2.33. The summed E-state index contributed by atoms with van der Waals surface area (Å²) in [6.45, 7) is 9.82. The molecular weight excluding hydrogens is 464 g/mol. The molecule has 0 aliphatic carbocycles. The number of ether oxygens (including phenoxy) is 1. The third-order valence-electron chi connectivity index (χ3n) is 6.52. The minimum absolute atomic E-state index is 0.221. The molecule has 190 valence electrons. The largest absolute Gasteiger partial charge is 0.508 e. The average Bonchev–Trinajstić information content (AvgIpc) is 2.88. The number of carbonyl (C=O) groups is 1. The number of aromatic nitrogens is 2. The quantitative estimate of drug-likeness (QED) is 0.377. The van der Waals surface area contributed by atoms with E-state index in [9.17, 15) is 9.90 Å². The van der Waals surface area contributed by atoms with Crippen molar-refractivity contribution in [1.29, 1.82) is 0 Å². The minimum Gasteiger partial charge on any atom is -0.508 e. The molecule has 1 aliphatic heterocycles. The maximum Gasteiger partial charge on any atom is 0.359 e. The lowest BCUT2D eigenvalue weighted by molar-refractivity contribution is 0.00616. The summed E-state index contributed by atoms with van der Waals surface area (Å²) in [6.07, 6.45) is 0. The maximum absolute atomic E-state index is 12.2. The standard InChI is InChI=1S/C30H32N4O3/c1-30(2,3)37-29(36)27-13-14-28(32-31-27)34-17-15-33(16-18-34)20-22-11-12-25(21-7-6-8-23(35)19-21)26-10-5-4-9-24(22)26/h4-14,19,35H,15-18,20H2,1-3H3. The van der Waals surface area contributed by atoms with Gasteiger partial charge in [-0.05, 0) is 72.5 Å². The summed E-state index contributed by atoms with van der Waals surface area (Å²) in [6, 6.07) is 23.8. The molecule has 37 heavy (non-hydrogen) atoms. The zero-order valence-electron chi connectivity index (χ0n) is 21.5. The Morgan fingerprint density at radius 3 is 2.32 bits per heavy atom. The van der Waals surface area contributed by atoms with Gasteiger partial charge in [-0.25, -0.2) is 4.79 Å². The molecule has 7 heteroatoms. The summed E-state index contributed by atoms with van der Waals surface area (Å²) in [5, 5.41) is 20.8. The van der Waals surface area contributed by atoms with Crippen LogP contribution < -0.4 is 4.90 Å². The van der Waals surface area contributed by atoms with Gasteiger partial charge in [-0.1, -0.05) is 48.5 Å². The van der Waals surface area contributed by atoms with Gasteiger partial charge in [0.15, 0.2) is 11.5 Å².